The topological polar surface area (TPSA) is 82.5 Å². The summed E-state index contributed by atoms with van der Waals surface area (Å²) in [4.78, 5) is 29.5. The first kappa shape index (κ1) is 17.2. The van der Waals surface area contributed by atoms with Crippen LogP contribution >= 0.6 is 0 Å². The van der Waals surface area contributed by atoms with Gasteiger partial charge in [-0.3, -0.25) is 19.9 Å². The molecule has 136 valence electrons. The minimum Gasteiger partial charge on any atom is -0.370 e. The van der Waals surface area contributed by atoms with Crippen LogP contribution < -0.4 is 10.2 Å². The fraction of sp³-hybridized carbons (Fsp3) is 0.190. The minimum atomic E-state index is -0.682. The number of allylic oxidation sites excluding steroid dienone is 2. The number of aromatic nitrogens is 1. The first-order chi connectivity index (χ1) is 13.1. The van der Waals surface area contributed by atoms with Gasteiger partial charge >= 0.3 is 0 Å². The van der Waals surface area contributed by atoms with Gasteiger partial charge in [-0.1, -0.05) is 18.2 Å². The van der Waals surface area contributed by atoms with Crippen molar-refractivity contribution in [3.63, 3.8) is 0 Å². The zero-order chi connectivity index (χ0) is 18.8. The number of aliphatic hydroxyl groups excluding tert-OH is 1. The molecule has 2 aliphatic heterocycles. The molecule has 1 aromatic carbocycles. The van der Waals surface area contributed by atoms with Crippen molar-refractivity contribution in [1.82, 2.24) is 10.3 Å². The molecule has 2 unspecified atom stereocenters. The minimum absolute atomic E-state index is 0.222. The second-order valence-electron chi connectivity index (χ2n) is 6.60. The number of nitrogens with zero attached hydrogens (tertiary/aromatic N) is 2. The third kappa shape index (κ3) is 3.52. The van der Waals surface area contributed by atoms with Crippen LogP contribution in [0.1, 0.15) is 24.3 Å². The van der Waals surface area contributed by atoms with Gasteiger partial charge in [0.2, 0.25) is 11.8 Å². The molecular formula is C21H19N3O3. The van der Waals surface area contributed by atoms with E-state index < -0.39 is 6.23 Å². The van der Waals surface area contributed by atoms with Gasteiger partial charge in [0.1, 0.15) is 6.23 Å². The second kappa shape index (κ2) is 7.17. The van der Waals surface area contributed by atoms with Gasteiger partial charge in [0.05, 0.1) is 5.92 Å². The monoisotopic (exact) mass is 361 g/mol. The summed E-state index contributed by atoms with van der Waals surface area (Å²) in [5.41, 5.74) is 3.55. The number of nitrogens with one attached hydrogen (secondary N) is 1. The average molecular weight is 361 g/mol. The molecule has 6 heteroatoms. The zero-order valence-corrected chi connectivity index (χ0v) is 14.6. The highest BCUT2D eigenvalue weighted by Crippen LogP contribution is 2.29. The van der Waals surface area contributed by atoms with Crippen LogP contribution in [0.3, 0.4) is 0 Å². The summed E-state index contributed by atoms with van der Waals surface area (Å²) in [5, 5.41) is 12.4. The van der Waals surface area contributed by atoms with Gasteiger partial charge in [-0.25, -0.2) is 0 Å². The largest absolute Gasteiger partial charge is 0.370 e. The van der Waals surface area contributed by atoms with Gasteiger partial charge in [-0.15, -0.1) is 0 Å². The molecule has 1 saturated heterocycles. The van der Waals surface area contributed by atoms with Crippen LogP contribution in [0.5, 0.6) is 0 Å². The summed E-state index contributed by atoms with van der Waals surface area (Å²) in [5.74, 6) is -0.839. The number of hydrogen-bond acceptors (Lipinski definition) is 5. The standard InChI is InChI=1S/C21H19N3O3/c25-19-9-8-18(21(27)23-19)16-11-15(12-22-13-16)14-4-6-17(7-5-14)24-10-2-1-3-20(24)26/h1-7,10-13,18,20,26H,8-9H2,(H,23,25,27). The Morgan fingerprint density at radius 2 is 1.89 bits per heavy atom. The molecule has 2 atom stereocenters. The van der Waals surface area contributed by atoms with Crippen molar-refractivity contribution < 1.29 is 14.7 Å². The van der Waals surface area contributed by atoms with Crippen LogP contribution in [0.2, 0.25) is 0 Å². The molecule has 0 saturated carbocycles. The Balaban J connectivity index is 1.57. The van der Waals surface area contributed by atoms with E-state index >= 15 is 0 Å². The van der Waals surface area contributed by atoms with Gasteiger partial charge in [0, 0.05) is 36.3 Å². The number of piperidine rings is 1. The fourth-order valence-electron chi connectivity index (χ4n) is 3.37. The van der Waals surface area contributed by atoms with Gasteiger partial charge in [0.25, 0.3) is 0 Å². The third-order valence-corrected chi connectivity index (χ3v) is 4.83. The summed E-state index contributed by atoms with van der Waals surface area (Å²) in [6.45, 7) is 0. The average Bonchev–Trinajstić information content (AvgIpc) is 2.69. The van der Waals surface area contributed by atoms with Crippen molar-refractivity contribution in [2.75, 3.05) is 4.90 Å². The SMILES string of the molecule is O=C1CCC(c2cncc(-c3ccc(N4C=CC=CC4O)cc3)c2)C(=O)N1. The summed E-state index contributed by atoms with van der Waals surface area (Å²) >= 11 is 0. The highest BCUT2D eigenvalue weighted by Gasteiger charge is 2.28. The molecule has 2 amide bonds. The van der Waals surface area contributed by atoms with Crippen LogP contribution in [0.15, 0.2) is 67.2 Å². The molecule has 3 heterocycles. The highest BCUT2D eigenvalue weighted by atomic mass is 16.3. The first-order valence-electron chi connectivity index (χ1n) is 8.82. The number of pyridine rings is 1. The number of carbonyl (C=O) groups excluding carboxylic acids is 2. The number of carbonyl (C=O) groups is 2. The molecule has 6 nitrogen and oxygen atoms in total. The van der Waals surface area contributed by atoms with Crippen molar-refractivity contribution in [2.45, 2.75) is 25.0 Å². The lowest BCUT2D eigenvalue weighted by Gasteiger charge is -2.26. The third-order valence-electron chi connectivity index (χ3n) is 4.83. The fourth-order valence-corrected chi connectivity index (χ4v) is 3.37. The lowest BCUT2D eigenvalue weighted by atomic mass is 9.90. The smallest absolute Gasteiger partial charge is 0.234 e. The summed E-state index contributed by atoms with van der Waals surface area (Å²) in [6, 6.07) is 9.72. The zero-order valence-electron chi connectivity index (χ0n) is 14.6. The first-order valence-corrected chi connectivity index (χ1v) is 8.82. The van der Waals surface area contributed by atoms with E-state index in [-0.39, 0.29) is 17.7 Å². The molecule has 2 N–H and O–H groups in total. The van der Waals surface area contributed by atoms with Crippen LogP contribution in [0.4, 0.5) is 5.69 Å². The van der Waals surface area contributed by atoms with Crippen molar-refractivity contribution in [3.05, 3.63) is 72.7 Å². The van der Waals surface area contributed by atoms with E-state index in [1.165, 1.54) is 0 Å². The quantitative estimate of drug-likeness (QED) is 0.821. The highest BCUT2D eigenvalue weighted by molar-refractivity contribution is 6.01. The molecule has 0 radical (unpaired) electrons. The maximum absolute atomic E-state index is 12.1. The normalized spacial score (nSPS) is 22.0. The molecule has 4 rings (SSSR count). The Morgan fingerprint density at radius 3 is 2.63 bits per heavy atom. The number of aliphatic hydroxyl groups is 1. The summed E-state index contributed by atoms with van der Waals surface area (Å²) < 4.78 is 0. The van der Waals surface area contributed by atoms with E-state index in [4.69, 9.17) is 0 Å². The molecule has 0 aliphatic carbocycles. The lowest BCUT2D eigenvalue weighted by Crippen LogP contribution is -2.39. The van der Waals surface area contributed by atoms with E-state index in [9.17, 15) is 14.7 Å². The Bertz CT molecular complexity index is 934. The van der Waals surface area contributed by atoms with Gasteiger partial charge in [-0.05, 0) is 47.9 Å². The number of imide groups is 1. The van der Waals surface area contributed by atoms with E-state index in [0.29, 0.717) is 12.8 Å². The van der Waals surface area contributed by atoms with Gasteiger partial charge in [0.15, 0.2) is 0 Å². The molecule has 2 aliphatic rings. The van der Waals surface area contributed by atoms with Crippen LogP contribution in [0, 0.1) is 0 Å². The van der Waals surface area contributed by atoms with Crippen LogP contribution in [0.25, 0.3) is 11.1 Å². The number of benzene rings is 1. The molecule has 1 fully saturated rings. The summed E-state index contributed by atoms with van der Waals surface area (Å²) in [6.07, 6.45) is 10.8. The predicted octanol–water partition coefficient (Wildman–Crippen LogP) is 2.48. The Morgan fingerprint density at radius 1 is 1.07 bits per heavy atom. The second-order valence-corrected chi connectivity index (χ2v) is 6.60. The van der Waals surface area contributed by atoms with Crippen molar-refractivity contribution in [2.24, 2.45) is 0 Å². The van der Waals surface area contributed by atoms with E-state index in [1.54, 1.807) is 23.4 Å². The van der Waals surface area contributed by atoms with Gasteiger partial charge < -0.3 is 10.0 Å². The van der Waals surface area contributed by atoms with Crippen molar-refractivity contribution in [3.8, 4) is 11.1 Å². The van der Waals surface area contributed by atoms with Crippen LogP contribution in [-0.2, 0) is 9.59 Å². The number of rotatable bonds is 3. The Kier molecular flexibility index (Phi) is 4.56. The molecule has 1 aromatic heterocycles. The maximum Gasteiger partial charge on any atom is 0.234 e. The maximum atomic E-state index is 12.1. The molecule has 2 aromatic rings. The Labute approximate surface area is 156 Å². The predicted molar refractivity (Wildman–Crippen MR) is 102 cm³/mol. The Hall–Kier alpha value is -3.25. The molecule has 0 bridgehead atoms. The number of amides is 2. The number of hydrogen-bond donors (Lipinski definition) is 2. The molecular weight excluding hydrogens is 342 g/mol. The molecule has 27 heavy (non-hydrogen) atoms. The van der Waals surface area contributed by atoms with Crippen molar-refractivity contribution >= 4 is 17.5 Å². The lowest BCUT2D eigenvalue weighted by molar-refractivity contribution is -0.134. The van der Waals surface area contributed by atoms with Crippen LogP contribution in [-0.4, -0.2) is 28.1 Å². The van der Waals surface area contributed by atoms with Gasteiger partial charge in [-0.2, -0.15) is 0 Å². The van der Waals surface area contributed by atoms with E-state index in [0.717, 1.165) is 22.4 Å². The summed E-state index contributed by atoms with van der Waals surface area (Å²) in [7, 11) is 0. The molecule has 0 spiro atoms. The van der Waals surface area contributed by atoms with E-state index in [1.807, 2.05) is 48.7 Å². The number of anilines is 1. The van der Waals surface area contributed by atoms with Crippen molar-refractivity contribution in [1.29, 1.82) is 0 Å². The van der Waals surface area contributed by atoms with E-state index in [2.05, 4.69) is 10.3 Å².